The number of hydrogen-bond donors (Lipinski definition) is 1. The fourth-order valence-corrected chi connectivity index (χ4v) is 2.62. The zero-order chi connectivity index (χ0) is 15.0. The van der Waals surface area contributed by atoms with E-state index in [0.717, 1.165) is 15.6 Å². The zero-order valence-corrected chi connectivity index (χ0v) is 13.3. The Hall–Kier alpha value is -1.85. The molecule has 4 nitrogen and oxygen atoms in total. The number of halogens is 2. The molecule has 0 bridgehead atoms. The molecule has 3 rings (SSSR count). The van der Waals surface area contributed by atoms with Crippen molar-refractivity contribution in [2.45, 2.75) is 6.92 Å². The Balaban J connectivity index is 2.01. The van der Waals surface area contributed by atoms with Gasteiger partial charge in [-0.1, -0.05) is 32.7 Å². The second-order valence-electron chi connectivity index (χ2n) is 4.55. The Morgan fingerprint density at radius 2 is 2.00 bits per heavy atom. The topological polar surface area (TPSA) is 59.2 Å². The van der Waals surface area contributed by atoms with Crippen LogP contribution in [0.4, 0.5) is 0 Å². The Morgan fingerprint density at radius 3 is 2.71 bits per heavy atom. The molecule has 1 aromatic heterocycles. The SMILES string of the molecule is Cc1cc(Br)ccc1-c1noc(-c2ccc(O)c(Cl)c2)n1. The van der Waals surface area contributed by atoms with Gasteiger partial charge in [-0.05, 0) is 48.9 Å². The summed E-state index contributed by atoms with van der Waals surface area (Å²) in [5, 5.41) is 13.7. The van der Waals surface area contributed by atoms with Crippen LogP contribution in [0.2, 0.25) is 5.02 Å². The average Bonchev–Trinajstić information content (AvgIpc) is 2.91. The van der Waals surface area contributed by atoms with Gasteiger partial charge in [0.2, 0.25) is 5.82 Å². The first kappa shape index (κ1) is 14.1. The molecule has 3 aromatic rings. The second-order valence-corrected chi connectivity index (χ2v) is 5.87. The lowest BCUT2D eigenvalue weighted by atomic mass is 10.1. The van der Waals surface area contributed by atoms with E-state index in [-0.39, 0.29) is 10.8 Å². The summed E-state index contributed by atoms with van der Waals surface area (Å²) in [6, 6.07) is 10.6. The largest absolute Gasteiger partial charge is 0.506 e. The first-order chi connectivity index (χ1) is 10.0. The van der Waals surface area contributed by atoms with Crippen LogP contribution >= 0.6 is 27.5 Å². The summed E-state index contributed by atoms with van der Waals surface area (Å²) >= 11 is 9.31. The maximum atomic E-state index is 9.43. The first-order valence-electron chi connectivity index (χ1n) is 6.14. The minimum absolute atomic E-state index is 0.0175. The molecule has 0 aliphatic carbocycles. The molecule has 0 aliphatic rings. The summed E-state index contributed by atoms with van der Waals surface area (Å²) < 4.78 is 6.27. The fourth-order valence-electron chi connectivity index (χ4n) is 1.97. The molecule has 106 valence electrons. The minimum atomic E-state index is 0.0175. The molecule has 1 heterocycles. The van der Waals surface area contributed by atoms with Crippen molar-refractivity contribution < 1.29 is 9.63 Å². The number of aryl methyl sites for hydroxylation is 1. The van der Waals surface area contributed by atoms with Crippen LogP contribution < -0.4 is 0 Å². The van der Waals surface area contributed by atoms with E-state index < -0.39 is 0 Å². The van der Waals surface area contributed by atoms with Gasteiger partial charge in [0.25, 0.3) is 5.89 Å². The molecule has 6 heteroatoms. The minimum Gasteiger partial charge on any atom is -0.506 e. The van der Waals surface area contributed by atoms with E-state index in [4.69, 9.17) is 16.1 Å². The van der Waals surface area contributed by atoms with E-state index in [0.29, 0.717) is 17.3 Å². The fraction of sp³-hybridized carbons (Fsp3) is 0.0667. The molecular formula is C15H10BrClN2O2. The van der Waals surface area contributed by atoms with E-state index in [1.165, 1.54) is 6.07 Å². The van der Waals surface area contributed by atoms with Gasteiger partial charge in [-0.15, -0.1) is 0 Å². The number of benzene rings is 2. The Labute approximate surface area is 134 Å². The lowest BCUT2D eigenvalue weighted by Crippen LogP contribution is -1.86. The van der Waals surface area contributed by atoms with Crippen LogP contribution in [0.15, 0.2) is 45.4 Å². The molecule has 0 fully saturated rings. The smallest absolute Gasteiger partial charge is 0.258 e. The van der Waals surface area contributed by atoms with E-state index >= 15 is 0 Å². The van der Waals surface area contributed by atoms with Crippen molar-refractivity contribution in [2.75, 3.05) is 0 Å². The van der Waals surface area contributed by atoms with Crippen LogP contribution in [0.1, 0.15) is 5.56 Å². The highest BCUT2D eigenvalue weighted by Gasteiger charge is 2.13. The van der Waals surface area contributed by atoms with Crippen LogP contribution in [0.5, 0.6) is 5.75 Å². The summed E-state index contributed by atoms with van der Waals surface area (Å²) in [6.07, 6.45) is 0. The molecule has 0 saturated carbocycles. The van der Waals surface area contributed by atoms with Crippen LogP contribution in [-0.2, 0) is 0 Å². The molecule has 0 amide bonds. The second kappa shape index (κ2) is 5.50. The van der Waals surface area contributed by atoms with Gasteiger partial charge in [0.1, 0.15) is 5.75 Å². The molecule has 0 aliphatic heterocycles. The number of phenols is 1. The number of aromatic hydroxyl groups is 1. The van der Waals surface area contributed by atoms with Crippen molar-refractivity contribution in [1.29, 1.82) is 0 Å². The molecular weight excluding hydrogens is 356 g/mol. The molecule has 0 atom stereocenters. The van der Waals surface area contributed by atoms with Gasteiger partial charge in [0, 0.05) is 15.6 Å². The molecule has 2 aromatic carbocycles. The van der Waals surface area contributed by atoms with Gasteiger partial charge in [-0.2, -0.15) is 4.98 Å². The average molecular weight is 366 g/mol. The molecule has 21 heavy (non-hydrogen) atoms. The van der Waals surface area contributed by atoms with Crippen LogP contribution in [-0.4, -0.2) is 15.2 Å². The number of rotatable bonds is 2. The first-order valence-corrected chi connectivity index (χ1v) is 7.31. The summed E-state index contributed by atoms with van der Waals surface area (Å²) in [4.78, 5) is 4.38. The summed E-state index contributed by atoms with van der Waals surface area (Å²) in [5.74, 6) is 0.886. The summed E-state index contributed by atoms with van der Waals surface area (Å²) in [6.45, 7) is 1.98. The molecule has 0 spiro atoms. The van der Waals surface area contributed by atoms with Crippen molar-refractivity contribution in [1.82, 2.24) is 10.1 Å². The third-order valence-corrected chi connectivity index (χ3v) is 3.85. The number of aromatic nitrogens is 2. The van der Waals surface area contributed by atoms with Crippen molar-refractivity contribution in [2.24, 2.45) is 0 Å². The van der Waals surface area contributed by atoms with Crippen molar-refractivity contribution in [3.05, 3.63) is 51.5 Å². The van der Waals surface area contributed by atoms with Crippen molar-refractivity contribution in [3.8, 4) is 28.6 Å². The summed E-state index contributed by atoms with van der Waals surface area (Å²) in [7, 11) is 0. The van der Waals surface area contributed by atoms with Gasteiger partial charge in [0.15, 0.2) is 0 Å². The zero-order valence-electron chi connectivity index (χ0n) is 11.0. The number of nitrogens with zero attached hydrogens (tertiary/aromatic N) is 2. The highest BCUT2D eigenvalue weighted by Crippen LogP contribution is 2.30. The highest BCUT2D eigenvalue weighted by atomic mass is 79.9. The third-order valence-electron chi connectivity index (χ3n) is 3.05. The normalized spacial score (nSPS) is 10.8. The van der Waals surface area contributed by atoms with Gasteiger partial charge < -0.3 is 9.63 Å². The van der Waals surface area contributed by atoms with E-state index in [1.54, 1.807) is 12.1 Å². The Bertz CT molecular complexity index is 817. The predicted octanol–water partition coefficient (Wildman–Crippen LogP) is 4.83. The Kier molecular flexibility index (Phi) is 3.69. The van der Waals surface area contributed by atoms with Crippen LogP contribution in [0, 0.1) is 6.92 Å². The van der Waals surface area contributed by atoms with Crippen molar-refractivity contribution in [3.63, 3.8) is 0 Å². The standard InChI is InChI=1S/C15H10BrClN2O2/c1-8-6-10(16)3-4-11(8)14-18-15(21-19-14)9-2-5-13(20)12(17)7-9/h2-7,20H,1H3. The maximum absolute atomic E-state index is 9.43. The van der Waals surface area contributed by atoms with Crippen LogP contribution in [0.3, 0.4) is 0 Å². The molecule has 0 saturated heterocycles. The molecule has 1 N–H and O–H groups in total. The lowest BCUT2D eigenvalue weighted by molar-refractivity contribution is 0.432. The summed E-state index contributed by atoms with van der Waals surface area (Å²) in [5.41, 5.74) is 2.60. The predicted molar refractivity (Wildman–Crippen MR) is 84.3 cm³/mol. The Morgan fingerprint density at radius 1 is 1.19 bits per heavy atom. The molecule has 0 radical (unpaired) electrons. The maximum Gasteiger partial charge on any atom is 0.258 e. The highest BCUT2D eigenvalue weighted by molar-refractivity contribution is 9.10. The van der Waals surface area contributed by atoms with Gasteiger partial charge in [-0.3, -0.25) is 0 Å². The monoisotopic (exact) mass is 364 g/mol. The van der Waals surface area contributed by atoms with Gasteiger partial charge in [0.05, 0.1) is 5.02 Å². The van der Waals surface area contributed by atoms with Crippen molar-refractivity contribution >= 4 is 27.5 Å². The third kappa shape index (κ3) is 2.80. The number of phenolic OH excluding ortho intramolecular Hbond substituents is 1. The van der Waals surface area contributed by atoms with E-state index in [9.17, 15) is 5.11 Å². The quantitative estimate of drug-likeness (QED) is 0.706. The van der Waals surface area contributed by atoms with Crippen LogP contribution in [0.25, 0.3) is 22.8 Å². The van der Waals surface area contributed by atoms with Gasteiger partial charge >= 0.3 is 0 Å². The van der Waals surface area contributed by atoms with Gasteiger partial charge in [-0.25, -0.2) is 0 Å². The number of hydrogen-bond acceptors (Lipinski definition) is 4. The van der Waals surface area contributed by atoms with E-state index in [2.05, 4.69) is 26.1 Å². The lowest BCUT2D eigenvalue weighted by Gasteiger charge is -2.00. The molecule has 0 unspecified atom stereocenters. The van der Waals surface area contributed by atoms with E-state index in [1.807, 2.05) is 25.1 Å².